The quantitative estimate of drug-likeness (QED) is 0.569. The lowest BCUT2D eigenvalue weighted by Crippen LogP contribution is -1.96. The second-order valence-corrected chi connectivity index (χ2v) is 2.89. The van der Waals surface area contributed by atoms with Crippen LogP contribution in [0, 0.1) is 17.7 Å². The lowest BCUT2D eigenvalue weighted by atomic mass is 10.2. The Balaban J connectivity index is 2.91. The van der Waals surface area contributed by atoms with Crippen molar-refractivity contribution in [3.8, 4) is 11.8 Å². The lowest BCUT2D eigenvalue weighted by molar-refractivity contribution is 0.281. The zero-order valence-corrected chi connectivity index (χ0v) is 8.42. The molecule has 3 heteroatoms. The van der Waals surface area contributed by atoms with E-state index in [1.54, 1.807) is 19.2 Å². The number of aliphatic hydroxyl groups is 1. The van der Waals surface area contributed by atoms with Gasteiger partial charge in [0.1, 0.15) is 11.9 Å². The van der Waals surface area contributed by atoms with Crippen molar-refractivity contribution < 1.29 is 9.50 Å². The van der Waals surface area contributed by atoms with Gasteiger partial charge in [0, 0.05) is 12.6 Å². The predicted octanol–water partition coefficient (Wildman–Crippen LogP) is 1.77. The maximum Gasteiger partial charge on any atom is 0.147 e. The Hall–Kier alpha value is -1.79. The van der Waals surface area contributed by atoms with Crippen molar-refractivity contribution in [3.05, 3.63) is 42.2 Å². The van der Waals surface area contributed by atoms with E-state index in [4.69, 9.17) is 5.11 Å². The third-order valence-corrected chi connectivity index (χ3v) is 1.83. The number of halogens is 1. The Morgan fingerprint density at radius 2 is 2.33 bits per heavy atom. The molecule has 0 aromatic heterocycles. The monoisotopic (exact) mass is 205 g/mol. The fourth-order valence-electron chi connectivity index (χ4n) is 1.01. The minimum absolute atomic E-state index is 0.364. The number of hydrogen-bond acceptors (Lipinski definition) is 2. The van der Waals surface area contributed by atoms with Gasteiger partial charge >= 0.3 is 0 Å². The molecule has 2 nitrogen and oxygen atoms in total. The zero-order chi connectivity index (χ0) is 11.3. The van der Waals surface area contributed by atoms with Crippen LogP contribution in [0.2, 0.25) is 0 Å². The van der Waals surface area contributed by atoms with Crippen LogP contribution in [0.5, 0.6) is 0 Å². The molecule has 15 heavy (non-hydrogen) atoms. The number of hydrogen-bond donors (Lipinski definition) is 2. The van der Waals surface area contributed by atoms with Crippen molar-refractivity contribution in [2.24, 2.45) is 0 Å². The molecule has 1 aromatic rings. The summed E-state index contributed by atoms with van der Waals surface area (Å²) in [5.41, 5.74) is 0.942. The summed E-state index contributed by atoms with van der Waals surface area (Å²) in [7, 11) is 1.64. The second kappa shape index (κ2) is 5.18. The van der Waals surface area contributed by atoms with E-state index in [2.05, 4.69) is 23.7 Å². The topological polar surface area (TPSA) is 32.3 Å². The van der Waals surface area contributed by atoms with Crippen molar-refractivity contribution in [2.75, 3.05) is 12.4 Å². The van der Waals surface area contributed by atoms with Gasteiger partial charge in [-0.3, -0.25) is 0 Å². The van der Waals surface area contributed by atoms with Crippen LogP contribution < -0.4 is 5.32 Å². The first-order chi connectivity index (χ1) is 7.17. The molecule has 0 radical (unpaired) electrons. The van der Waals surface area contributed by atoms with E-state index in [1.807, 2.05) is 0 Å². The Morgan fingerprint density at radius 1 is 1.60 bits per heavy atom. The molecular weight excluding hydrogens is 193 g/mol. The first-order valence-corrected chi connectivity index (χ1v) is 4.47. The Morgan fingerprint density at radius 3 is 2.87 bits per heavy atom. The largest absolute Gasteiger partial charge is 0.386 e. The van der Waals surface area contributed by atoms with E-state index in [9.17, 15) is 4.39 Å². The first kappa shape index (κ1) is 11.3. The van der Waals surface area contributed by atoms with Crippen LogP contribution >= 0.6 is 0 Å². The average Bonchev–Trinajstić information content (AvgIpc) is 2.26. The molecule has 0 heterocycles. The van der Waals surface area contributed by atoms with E-state index in [0.29, 0.717) is 11.3 Å². The Labute approximate surface area is 88.4 Å². The molecule has 1 unspecified atom stereocenters. The molecule has 0 fully saturated rings. The minimum atomic E-state index is -0.878. The summed E-state index contributed by atoms with van der Waals surface area (Å²) >= 11 is 0. The van der Waals surface area contributed by atoms with Crippen LogP contribution in [0.25, 0.3) is 0 Å². The highest BCUT2D eigenvalue weighted by Crippen LogP contribution is 2.14. The predicted molar refractivity (Wildman–Crippen MR) is 59.0 cm³/mol. The molecule has 0 aliphatic carbocycles. The lowest BCUT2D eigenvalue weighted by Gasteiger charge is -2.01. The summed E-state index contributed by atoms with van der Waals surface area (Å²) < 4.78 is 13.2. The van der Waals surface area contributed by atoms with E-state index >= 15 is 0 Å². The van der Waals surface area contributed by atoms with Gasteiger partial charge in [-0.2, -0.15) is 0 Å². The molecule has 0 saturated heterocycles. The van der Waals surface area contributed by atoms with Gasteiger partial charge in [0.2, 0.25) is 0 Å². The molecular formula is C12H12FNO. The van der Waals surface area contributed by atoms with Crippen LogP contribution in [0.1, 0.15) is 5.56 Å². The zero-order valence-electron chi connectivity index (χ0n) is 8.42. The maximum atomic E-state index is 13.2. The standard InChI is InChI=1S/C12H12FNO/c1-3-10(15)6-4-9-5-7-12(14-2)11(13)8-9/h3,5,7-8,10,14-15H,1H2,2H3. The minimum Gasteiger partial charge on any atom is -0.386 e. The molecule has 0 saturated carbocycles. The van der Waals surface area contributed by atoms with Gasteiger partial charge in [-0.05, 0) is 18.2 Å². The summed E-state index contributed by atoms with van der Waals surface area (Å²) in [6.45, 7) is 3.38. The molecule has 1 atom stereocenters. The van der Waals surface area contributed by atoms with Crippen LogP contribution in [-0.2, 0) is 0 Å². The van der Waals surface area contributed by atoms with Gasteiger partial charge in [0.15, 0.2) is 0 Å². The molecule has 1 aromatic carbocycles. The van der Waals surface area contributed by atoms with Crippen LogP contribution in [0.3, 0.4) is 0 Å². The number of aliphatic hydroxyl groups excluding tert-OH is 1. The Bertz CT molecular complexity index is 417. The van der Waals surface area contributed by atoms with E-state index < -0.39 is 6.10 Å². The molecule has 0 aliphatic heterocycles. The normalized spacial score (nSPS) is 11.1. The van der Waals surface area contributed by atoms with E-state index in [-0.39, 0.29) is 5.82 Å². The molecule has 0 aliphatic rings. The molecule has 0 spiro atoms. The van der Waals surface area contributed by atoms with E-state index in [1.165, 1.54) is 12.1 Å². The smallest absolute Gasteiger partial charge is 0.147 e. The Kier molecular flexibility index (Phi) is 3.90. The summed E-state index contributed by atoms with van der Waals surface area (Å²) in [4.78, 5) is 0. The van der Waals surface area contributed by atoms with Crippen LogP contribution in [0.15, 0.2) is 30.9 Å². The van der Waals surface area contributed by atoms with Crippen molar-refractivity contribution in [3.63, 3.8) is 0 Å². The summed E-state index contributed by atoms with van der Waals surface area (Å²) in [5, 5.41) is 11.8. The van der Waals surface area contributed by atoms with Crippen molar-refractivity contribution in [1.82, 2.24) is 0 Å². The van der Waals surface area contributed by atoms with Crippen molar-refractivity contribution in [1.29, 1.82) is 0 Å². The fourth-order valence-corrected chi connectivity index (χ4v) is 1.01. The van der Waals surface area contributed by atoms with Gasteiger partial charge in [0.25, 0.3) is 0 Å². The summed E-state index contributed by atoms with van der Waals surface area (Å²) in [6.07, 6.45) is 0.433. The molecule has 2 N–H and O–H groups in total. The average molecular weight is 205 g/mol. The van der Waals surface area contributed by atoms with Gasteiger partial charge < -0.3 is 10.4 Å². The SMILES string of the molecule is C=CC(O)C#Cc1ccc(NC)c(F)c1. The molecule has 78 valence electrons. The number of rotatable bonds is 2. The third kappa shape index (κ3) is 3.12. The summed E-state index contributed by atoms with van der Waals surface area (Å²) in [5.74, 6) is 4.80. The van der Waals surface area contributed by atoms with Gasteiger partial charge in [-0.25, -0.2) is 4.39 Å². The maximum absolute atomic E-state index is 13.2. The van der Waals surface area contributed by atoms with Crippen molar-refractivity contribution >= 4 is 5.69 Å². The van der Waals surface area contributed by atoms with E-state index in [0.717, 1.165) is 0 Å². The van der Waals surface area contributed by atoms with Crippen molar-refractivity contribution in [2.45, 2.75) is 6.10 Å². The highest BCUT2D eigenvalue weighted by Gasteiger charge is 1.99. The van der Waals surface area contributed by atoms with Crippen LogP contribution in [-0.4, -0.2) is 18.3 Å². The first-order valence-electron chi connectivity index (χ1n) is 4.47. The number of nitrogens with one attached hydrogen (secondary N) is 1. The van der Waals surface area contributed by atoms with Gasteiger partial charge in [-0.15, -0.1) is 0 Å². The molecule has 1 rings (SSSR count). The third-order valence-electron chi connectivity index (χ3n) is 1.83. The van der Waals surface area contributed by atoms with Crippen LogP contribution in [0.4, 0.5) is 10.1 Å². The fraction of sp³-hybridized carbons (Fsp3) is 0.167. The van der Waals surface area contributed by atoms with Gasteiger partial charge in [0.05, 0.1) is 5.69 Å². The highest BCUT2D eigenvalue weighted by atomic mass is 19.1. The molecule has 0 bridgehead atoms. The second-order valence-electron chi connectivity index (χ2n) is 2.89. The molecule has 0 amide bonds. The highest BCUT2D eigenvalue weighted by molar-refractivity contribution is 5.49. The summed E-state index contributed by atoms with van der Waals surface area (Å²) in [6, 6.07) is 4.59. The van der Waals surface area contributed by atoms with Gasteiger partial charge in [-0.1, -0.05) is 24.5 Å². The number of anilines is 1. The number of benzene rings is 1.